The molecule has 0 bridgehead atoms. The van der Waals surface area contributed by atoms with E-state index in [0.717, 1.165) is 103 Å². The van der Waals surface area contributed by atoms with Crippen molar-refractivity contribution in [1.29, 1.82) is 0 Å². The highest BCUT2D eigenvalue weighted by atomic mass is 16.6. The lowest BCUT2D eigenvalue weighted by atomic mass is 10.0. The molecule has 0 aliphatic heterocycles. The van der Waals surface area contributed by atoms with E-state index in [1.54, 1.807) is 0 Å². The zero-order chi connectivity index (χ0) is 57.8. The summed E-state index contributed by atoms with van der Waals surface area (Å²) in [5.74, 6) is -0.865. The van der Waals surface area contributed by atoms with Crippen LogP contribution >= 0.6 is 0 Å². The maximum absolute atomic E-state index is 12.9. The molecule has 0 saturated heterocycles. The van der Waals surface area contributed by atoms with E-state index >= 15 is 0 Å². The molecule has 0 N–H and O–H groups in total. The summed E-state index contributed by atoms with van der Waals surface area (Å²) in [5.41, 5.74) is 0. The van der Waals surface area contributed by atoms with Crippen molar-refractivity contribution in [2.75, 3.05) is 13.2 Å². The second kappa shape index (κ2) is 68.3. The Labute approximate surface area is 497 Å². The highest BCUT2D eigenvalue weighted by Crippen LogP contribution is 2.18. The van der Waals surface area contributed by atoms with Gasteiger partial charge in [-0.15, -0.1) is 0 Å². The van der Waals surface area contributed by atoms with Gasteiger partial charge in [0.15, 0.2) is 6.10 Å². The number of esters is 3. The monoisotopic (exact) mass is 1120 g/mol. The third-order valence-corrected chi connectivity index (χ3v) is 15.5. The molecule has 0 saturated carbocycles. The lowest BCUT2D eigenvalue weighted by Crippen LogP contribution is -2.30. The van der Waals surface area contributed by atoms with Crippen LogP contribution < -0.4 is 0 Å². The van der Waals surface area contributed by atoms with Crippen molar-refractivity contribution in [2.45, 2.75) is 367 Å². The van der Waals surface area contributed by atoms with Crippen molar-refractivity contribution in [3.63, 3.8) is 0 Å². The van der Waals surface area contributed by atoms with Gasteiger partial charge >= 0.3 is 17.9 Å². The summed E-state index contributed by atoms with van der Waals surface area (Å²) in [7, 11) is 0. The lowest BCUT2D eigenvalue weighted by molar-refractivity contribution is -0.167. The van der Waals surface area contributed by atoms with Gasteiger partial charge in [0, 0.05) is 19.3 Å². The predicted octanol–water partition coefficient (Wildman–Crippen LogP) is 24.1. The predicted molar refractivity (Wildman–Crippen MR) is 348 cm³/mol. The van der Waals surface area contributed by atoms with E-state index in [1.807, 2.05) is 0 Å². The Balaban J connectivity index is 3.95. The molecule has 0 aromatic rings. The first-order chi connectivity index (χ1) is 39.5. The standard InChI is InChI=1S/C74H132O6/c1-4-7-10-13-15-17-19-21-23-25-27-29-31-33-34-35-36-37-38-39-40-41-43-44-46-48-50-52-54-56-58-61-64-67-73(76)79-70-71(69-78-72(75)66-63-60-12-9-6-3)80-74(77)68-65-62-59-57-55-53-51-49-47-45-42-32-30-28-26-24-22-20-18-16-14-11-8-5-2/h7,10,15,17,21,23,27,29,33-34,36-37,71H,4-6,8-9,11-14,16,18-20,22,24-26,28,30-32,35,38-70H2,1-3H3/b10-7-,17-15-,23-21-,29-27-,34-33-,37-36-. The summed E-state index contributed by atoms with van der Waals surface area (Å²) in [6, 6.07) is 0. The number of hydrogen-bond acceptors (Lipinski definition) is 6. The number of rotatable bonds is 64. The first-order valence-corrected chi connectivity index (χ1v) is 34.9. The van der Waals surface area contributed by atoms with E-state index < -0.39 is 6.10 Å². The Bertz CT molecular complexity index is 1470. The summed E-state index contributed by atoms with van der Waals surface area (Å²) < 4.78 is 16.8. The maximum atomic E-state index is 12.9. The molecule has 0 aliphatic carbocycles. The van der Waals surface area contributed by atoms with Crippen LogP contribution in [0.5, 0.6) is 0 Å². The molecule has 0 amide bonds. The van der Waals surface area contributed by atoms with Gasteiger partial charge in [-0.05, 0) is 70.6 Å². The number of carbonyl (C=O) groups excluding carboxylic acids is 3. The van der Waals surface area contributed by atoms with Gasteiger partial charge in [0.25, 0.3) is 0 Å². The smallest absolute Gasteiger partial charge is 0.306 e. The van der Waals surface area contributed by atoms with Gasteiger partial charge in [-0.2, -0.15) is 0 Å². The normalized spacial score (nSPS) is 12.5. The number of allylic oxidation sites excluding steroid dienone is 12. The third kappa shape index (κ3) is 65.7. The van der Waals surface area contributed by atoms with Crippen molar-refractivity contribution in [2.24, 2.45) is 0 Å². The van der Waals surface area contributed by atoms with Gasteiger partial charge in [0.2, 0.25) is 0 Å². The number of ether oxygens (including phenoxy) is 3. The molecular weight excluding hydrogens is 985 g/mol. The first-order valence-electron chi connectivity index (χ1n) is 34.9. The zero-order valence-electron chi connectivity index (χ0n) is 53.3. The molecule has 0 aromatic carbocycles. The van der Waals surface area contributed by atoms with Gasteiger partial charge in [0.1, 0.15) is 13.2 Å². The molecule has 1 unspecified atom stereocenters. The van der Waals surface area contributed by atoms with Crippen LogP contribution in [0.25, 0.3) is 0 Å². The van der Waals surface area contributed by atoms with E-state index in [2.05, 4.69) is 93.7 Å². The van der Waals surface area contributed by atoms with E-state index in [1.165, 1.54) is 218 Å². The van der Waals surface area contributed by atoms with Gasteiger partial charge in [-0.3, -0.25) is 14.4 Å². The highest BCUT2D eigenvalue weighted by Gasteiger charge is 2.19. The van der Waals surface area contributed by atoms with Crippen LogP contribution in [-0.4, -0.2) is 37.2 Å². The molecule has 0 spiro atoms. The van der Waals surface area contributed by atoms with Crippen LogP contribution in [0, 0.1) is 0 Å². The van der Waals surface area contributed by atoms with Crippen molar-refractivity contribution in [3.8, 4) is 0 Å². The molecule has 0 rings (SSSR count). The minimum atomic E-state index is -0.769. The zero-order valence-corrected chi connectivity index (χ0v) is 53.3. The molecule has 0 aliphatic rings. The highest BCUT2D eigenvalue weighted by molar-refractivity contribution is 5.71. The molecule has 0 fully saturated rings. The molecule has 6 heteroatoms. The molecule has 0 heterocycles. The Kier molecular flexibility index (Phi) is 65.7. The SMILES string of the molecule is CC/C=C\C/C=C\C/C=C\C/C=C\C/C=C\C/C=C\CCCCCCCCCCCCCCCCC(=O)OCC(COC(=O)CCCCCCC)OC(=O)CCCCCCCCCCCCCCCCCCCCCCCCCC. The Morgan fingerprint density at radius 3 is 0.762 bits per heavy atom. The fourth-order valence-corrected chi connectivity index (χ4v) is 10.3. The Morgan fingerprint density at radius 1 is 0.263 bits per heavy atom. The minimum absolute atomic E-state index is 0.0706. The maximum Gasteiger partial charge on any atom is 0.306 e. The summed E-state index contributed by atoms with van der Waals surface area (Å²) in [5, 5.41) is 0. The molecule has 6 nitrogen and oxygen atoms in total. The fourth-order valence-electron chi connectivity index (χ4n) is 10.3. The molecule has 80 heavy (non-hydrogen) atoms. The topological polar surface area (TPSA) is 78.9 Å². The molecule has 0 aromatic heterocycles. The van der Waals surface area contributed by atoms with E-state index in [4.69, 9.17) is 14.2 Å². The van der Waals surface area contributed by atoms with Crippen LogP contribution in [-0.2, 0) is 28.6 Å². The van der Waals surface area contributed by atoms with Crippen LogP contribution in [0.2, 0.25) is 0 Å². The van der Waals surface area contributed by atoms with Crippen LogP contribution in [0.1, 0.15) is 361 Å². The van der Waals surface area contributed by atoms with Crippen molar-refractivity contribution in [3.05, 3.63) is 72.9 Å². The van der Waals surface area contributed by atoms with Crippen LogP contribution in [0.4, 0.5) is 0 Å². The summed E-state index contributed by atoms with van der Waals surface area (Å²) >= 11 is 0. The van der Waals surface area contributed by atoms with Crippen LogP contribution in [0.3, 0.4) is 0 Å². The first kappa shape index (κ1) is 76.9. The van der Waals surface area contributed by atoms with Crippen molar-refractivity contribution < 1.29 is 28.6 Å². The van der Waals surface area contributed by atoms with Gasteiger partial charge < -0.3 is 14.2 Å². The molecule has 1 atom stereocenters. The largest absolute Gasteiger partial charge is 0.462 e. The van der Waals surface area contributed by atoms with Gasteiger partial charge in [0.05, 0.1) is 0 Å². The third-order valence-electron chi connectivity index (χ3n) is 15.5. The van der Waals surface area contributed by atoms with Gasteiger partial charge in [-0.1, -0.05) is 344 Å². The second-order valence-corrected chi connectivity index (χ2v) is 23.4. The summed E-state index contributed by atoms with van der Waals surface area (Å²) in [4.78, 5) is 38.0. The quantitative estimate of drug-likeness (QED) is 0.0261. The average Bonchev–Trinajstić information content (AvgIpc) is 3.46. The molecule has 464 valence electrons. The number of hydrogen-bond donors (Lipinski definition) is 0. The van der Waals surface area contributed by atoms with E-state index in [-0.39, 0.29) is 31.1 Å². The van der Waals surface area contributed by atoms with E-state index in [0.29, 0.717) is 19.3 Å². The van der Waals surface area contributed by atoms with Crippen molar-refractivity contribution in [1.82, 2.24) is 0 Å². The second-order valence-electron chi connectivity index (χ2n) is 23.4. The fraction of sp³-hybridized carbons (Fsp3) is 0.797. The number of unbranched alkanes of at least 4 members (excludes halogenated alkanes) is 41. The minimum Gasteiger partial charge on any atom is -0.462 e. The van der Waals surface area contributed by atoms with Crippen LogP contribution in [0.15, 0.2) is 72.9 Å². The van der Waals surface area contributed by atoms with Gasteiger partial charge in [-0.25, -0.2) is 0 Å². The van der Waals surface area contributed by atoms with E-state index in [9.17, 15) is 14.4 Å². The molecule has 0 radical (unpaired) electrons. The Morgan fingerprint density at radius 2 is 0.487 bits per heavy atom. The van der Waals surface area contributed by atoms with Crippen molar-refractivity contribution >= 4 is 17.9 Å². The number of carbonyl (C=O) groups is 3. The average molecular weight is 1120 g/mol. The Hall–Kier alpha value is -3.15. The lowest BCUT2D eigenvalue weighted by Gasteiger charge is -2.18. The summed E-state index contributed by atoms with van der Waals surface area (Å²) in [6.07, 6.45) is 89.9. The summed E-state index contributed by atoms with van der Waals surface area (Å²) in [6.45, 7) is 6.50. The molecular formula is C74H132O6.